The molecular weight excluding hydrogens is 310 g/mol. The highest BCUT2D eigenvalue weighted by Crippen LogP contribution is 2.22. The average Bonchev–Trinajstić information content (AvgIpc) is 2.87. The van der Waals surface area contributed by atoms with E-state index in [2.05, 4.69) is 11.1 Å². The summed E-state index contributed by atoms with van der Waals surface area (Å²) < 4.78 is 6.88. The number of benzene rings is 1. The van der Waals surface area contributed by atoms with Crippen molar-refractivity contribution in [2.75, 3.05) is 26.7 Å². The van der Waals surface area contributed by atoms with Gasteiger partial charge in [0.1, 0.15) is 5.01 Å². The van der Waals surface area contributed by atoms with Crippen LogP contribution < -0.4 is 0 Å². The minimum Gasteiger partial charge on any atom is -0.372 e. The molecule has 3 rings (SSSR count). The lowest BCUT2D eigenvalue weighted by Crippen LogP contribution is -2.50. The molecule has 2 aromatic rings. The molecule has 1 aromatic carbocycles. The standard InChI is InChI=1S/C17H23N3O2S/c1-12-8-20(9-13(2)22-12)17(21)11-19(3)10-16-18-14-6-4-5-7-15(14)23-16/h4-7,12-13H,8-11H2,1-3H3/t12-,13+. The van der Waals surface area contributed by atoms with Crippen molar-refractivity contribution in [1.82, 2.24) is 14.8 Å². The van der Waals surface area contributed by atoms with Crippen LogP contribution in [-0.2, 0) is 16.1 Å². The molecule has 0 spiro atoms. The van der Waals surface area contributed by atoms with Crippen molar-refractivity contribution in [3.63, 3.8) is 0 Å². The molecular formula is C17H23N3O2S. The van der Waals surface area contributed by atoms with Gasteiger partial charge in [0.15, 0.2) is 0 Å². The van der Waals surface area contributed by atoms with Crippen molar-refractivity contribution in [2.24, 2.45) is 0 Å². The molecule has 2 atom stereocenters. The minimum atomic E-state index is 0.109. The van der Waals surface area contributed by atoms with E-state index < -0.39 is 0 Å². The second-order valence-corrected chi connectivity index (χ2v) is 7.42. The van der Waals surface area contributed by atoms with Gasteiger partial charge < -0.3 is 9.64 Å². The van der Waals surface area contributed by atoms with Gasteiger partial charge in [-0.15, -0.1) is 11.3 Å². The van der Waals surface area contributed by atoms with Gasteiger partial charge in [-0.3, -0.25) is 9.69 Å². The second kappa shape index (κ2) is 6.95. The number of thiazole rings is 1. The summed E-state index contributed by atoms with van der Waals surface area (Å²) in [7, 11) is 1.97. The van der Waals surface area contributed by atoms with E-state index >= 15 is 0 Å². The lowest BCUT2D eigenvalue weighted by Gasteiger charge is -2.36. The van der Waals surface area contributed by atoms with Crippen LogP contribution in [0.3, 0.4) is 0 Å². The summed E-state index contributed by atoms with van der Waals surface area (Å²) in [6.07, 6.45) is 0.217. The van der Waals surface area contributed by atoms with Gasteiger partial charge in [0.25, 0.3) is 0 Å². The van der Waals surface area contributed by atoms with Crippen LogP contribution in [-0.4, -0.2) is 59.6 Å². The molecule has 124 valence electrons. The summed E-state index contributed by atoms with van der Waals surface area (Å²) in [5.74, 6) is 0.163. The Morgan fingerprint density at radius 2 is 2.04 bits per heavy atom. The van der Waals surface area contributed by atoms with Gasteiger partial charge >= 0.3 is 0 Å². The molecule has 0 saturated carbocycles. The Morgan fingerprint density at radius 1 is 1.35 bits per heavy atom. The summed E-state index contributed by atoms with van der Waals surface area (Å²) >= 11 is 1.69. The Balaban J connectivity index is 1.58. The van der Waals surface area contributed by atoms with Gasteiger partial charge in [-0.2, -0.15) is 0 Å². The number of carbonyl (C=O) groups is 1. The van der Waals surface area contributed by atoms with Crippen LogP contribution in [0.25, 0.3) is 10.2 Å². The van der Waals surface area contributed by atoms with E-state index in [0.717, 1.165) is 10.5 Å². The first-order valence-corrected chi connectivity index (χ1v) is 8.79. The number of rotatable bonds is 4. The number of para-hydroxylation sites is 1. The lowest BCUT2D eigenvalue weighted by atomic mass is 10.2. The molecule has 1 saturated heterocycles. The third-order valence-electron chi connectivity index (χ3n) is 3.92. The first-order valence-electron chi connectivity index (χ1n) is 7.97. The molecule has 0 N–H and O–H groups in total. The smallest absolute Gasteiger partial charge is 0.236 e. The van der Waals surface area contributed by atoms with E-state index in [-0.39, 0.29) is 18.1 Å². The quantitative estimate of drug-likeness (QED) is 0.862. The van der Waals surface area contributed by atoms with Crippen molar-refractivity contribution in [3.8, 4) is 0 Å². The summed E-state index contributed by atoms with van der Waals surface area (Å²) in [4.78, 5) is 21.0. The maximum atomic E-state index is 12.5. The fourth-order valence-electron chi connectivity index (χ4n) is 2.99. The van der Waals surface area contributed by atoms with Crippen LogP contribution in [0.1, 0.15) is 18.9 Å². The molecule has 1 aliphatic heterocycles. The Bertz CT molecular complexity index is 644. The van der Waals surface area contributed by atoms with Crippen LogP contribution >= 0.6 is 11.3 Å². The summed E-state index contributed by atoms with van der Waals surface area (Å²) in [6.45, 7) is 6.49. The lowest BCUT2D eigenvalue weighted by molar-refractivity contribution is -0.144. The number of carbonyl (C=O) groups excluding carboxylic acids is 1. The number of amides is 1. The van der Waals surface area contributed by atoms with Gasteiger partial charge in [-0.25, -0.2) is 4.98 Å². The zero-order chi connectivity index (χ0) is 16.4. The van der Waals surface area contributed by atoms with Crippen molar-refractivity contribution < 1.29 is 9.53 Å². The van der Waals surface area contributed by atoms with Crippen molar-refractivity contribution in [2.45, 2.75) is 32.6 Å². The molecule has 23 heavy (non-hydrogen) atoms. The second-order valence-electron chi connectivity index (χ2n) is 6.30. The van der Waals surface area contributed by atoms with Crippen LogP contribution in [0.15, 0.2) is 24.3 Å². The summed E-state index contributed by atoms with van der Waals surface area (Å²) in [5.41, 5.74) is 1.03. The number of fused-ring (bicyclic) bond motifs is 1. The molecule has 6 heteroatoms. The predicted molar refractivity (Wildman–Crippen MR) is 92.5 cm³/mol. The Morgan fingerprint density at radius 3 is 2.74 bits per heavy atom. The zero-order valence-electron chi connectivity index (χ0n) is 13.9. The molecule has 1 fully saturated rings. The molecule has 0 unspecified atom stereocenters. The van der Waals surface area contributed by atoms with Crippen molar-refractivity contribution in [3.05, 3.63) is 29.3 Å². The van der Waals surface area contributed by atoms with Crippen LogP contribution in [0.5, 0.6) is 0 Å². The maximum Gasteiger partial charge on any atom is 0.236 e. The molecule has 1 aliphatic rings. The molecule has 0 aliphatic carbocycles. The number of aromatic nitrogens is 1. The molecule has 5 nitrogen and oxygen atoms in total. The van der Waals surface area contributed by atoms with E-state index in [0.29, 0.717) is 26.2 Å². The topological polar surface area (TPSA) is 45.7 Å². The van der Waals surface area contributed by atoms with E-state index in [1.165, 1.54) is 4.70 Å². The maximum absolute atomic E-state index is 12.5. The molecule has 0 bridgehead atoms. The van der Waals surface area contributed by atoms with E-state index in [1.54, 1.807) is 11.3 Å². The third-order valence-corrected chi connectivity index (χ3v) is 4.94. The predicted octanol–water partition coefficient (Wildman–Crippen LogP) is 2.36. The number of nitrogens with zero attached hydrogens (tertiary/aromatic N) is 3. The van der Waals surface area contributed by atoms with Crippen molar-refractivity contribution >= 4 is 27.5 Å². The largest absolute Gasteiger partial charge is 0.372 e. The van der Waals surface area contributed by atoms with Crippen molar-refractivity contribution in [1.29, 1.82) is 0 Å². The first kappa shape index (κ1) is 16.4. The van der Waals surface area contributed by atoms with Crippen LogP contribution in [0.4, 0.5) is 0 Å². The Hall–Kier alpha value is -1.50. The number of likely N-dealkylation sites (N-methyl/N-ethyl adjacent to an activating group) is 1. The molecule has 2 heterocycles. The number of morpholine rings is 1. The minimum absolute atomic E-state index is 0.109. The van der Waals surface area contributed by atoms with E-state index in [4.69, 9.17) is 4.74 Å². The monoisotopic (exact) mass is 333 g/mol. The average molecular weight is 333 g/mol. The van der Waals surface area contributed by atoms with Gasteiger partial charge in [0.05, 0.1) is 35.5 Å². The van der Waals surface area contributed by atoms with Gasteiger partial charge in [-0.1, -0.05) is 12.1 Å². The summed E-state index contributed by atoms with van der Waals surface area (Å²) in [6, 6.07) is 8.13. The molecule has 0 radical (unpaired) electrons. The Kier molecular flexibility index (Phi) is 4.94. The first-order chi connectivity index (χ1) is 11.0. The van der Waals surface area contributed by atoms with Gasteiger partial charge in [0, 0.05) is 13.1 Å². The van der Waals surface area contributed by atoms with Gasteiger partial charge in [-0.05, 0) is 33.0 Å². The SMILES string of the molecule is C[C@@H]1CN(C(=O)CN(C)Cc2nc3ccccc3s2)C[C@H](C)O1. The summed E-state index contributed by atoms with van der Waals surface area (Å²) in [5, 5.41) is 1.05. The highest BCUT2D eigenvalue weighted by atomic mass is 32.1. The van der Waals surface area contributed by atoms with Crippen LogP contribution in [0, 0.1) is 0 Å². The highest BCUT2D eigenvalue weighted by molar-refractivity contribution is 7.18. The fraction of sp³-hybridized carbons (Fsp3) is 0.529. The van der Waals surface area contributed by atoms with Crippen LogP contribution in [0.2, 0.25) is 0 Å². The Labute approximate surface area is 140 Å². The van der Waals surface area contributed by atoms with E-state index in [1.807, 2.05) is 48.9 Å². The zero-order valence-corrected chi connectivity index (χ0v) is 14.7. The van der Waals surface area contributed by atoms with E-state index in [9.17, 15) is 4.79 Å². The fourth-order valence-corrected chi connectivity index (χ4v) is 4.03. The molecule has 1 aromatic heterocycles. The number of hydrogen-bond acceptors (Lipinski definition) is 5. The highest BCUT2D eigenvalue weighted by Gasteiger charge is 2.26. The third kappa shape index (κ3) is 4.07. The molecule has 1 amide bonds. The van der Waals surface area contributed by atoms with Gasteiger partial charge in [0.2, 0.25) is 5.91 Å². The number of hydrogen-bond donors (Lipinski definition) is 0. The number of ether oxygens (including phenoxy) is 1. The normalized spacial score (nSPS) is 22.0.